The van der Waals surface area contributed by atoms with E-state index in [0.717, 1.165) is 25.1 Å². The molecule has 7 heteroatoms. The highest BCUT2D eigenvalue weighted by atomic mass is 35.5. The molecule has 1 aromatic carbocycles. The van der Waals surface area contributed by atoms with Crippen molar-refractivity contribution in [1.82, 2.24) is 10.6 Å². The Morgan fingerprint density at radius 2 is 1.96 bits per heavy atom. The molecule has 2 N–H and O–H groups in total. The van der Waals surface area contributed by atoms with Crippen LogP contribution in [0.3, 0.4) is 0 Å². The van der Waals surface area contributed by atoms with E-state index in [1.54, 1.807) is 6.92 Å². The number of ether oxygens (including phenoxy) is 2. The van der Waals surface area contributed by atoms with E-state index in [1.165, 1.54) is 0 Å². The van der Waals surface area contributed by atoms with Crippen LogP contribution in [0.1, 0.15) is 12.5 Å². The fraction of sp³-hybridized carbons (Fsp3) is 0.500. The second-order valence-corrected chi connectivity index (χ2v) is 5.13. The summed E-state index contributed by atoms with van der Waals surface area (Å²) in [6.07, 6.45) is 0.768. The highest BCUT2D eigenvalue weighted by molar-refractivity contribution is 5.85. The van der Waals surface area contributed by atoms with Crippen molar-refractivity contribution < 1.29 is 19.1 Å². The van der Waals surface area contributed by atoms with Crippen LogP contribution < -0.4 is 15.4 Å². The first kappa shape index (κ1) is 19.3. The second-order valence-electron chi connectivity index (χ2n) is 5.13. The predicted octanol–water partition coefficient (Wildman–Crippen LogP) is 0.928. The van der Waals surface area contributed by atoms with E-state index in [4.69, 9.17) is 9.47 Å². The SMILES string of the molecule is CCOC(=O)COc1ccc(CCNC(=O)C2CNC2)cc1.Cl. The number of hydrogen-bond acceptors (Lipinski definition) is 5. The van der Waals surface area contributed by atoms with Gasteiger partial charge in [-0.15, -0.1) is 12.4 Å². The molecule has 1 aromatic rings. The number of halogens is 1. The lowest BCUT2D eigenvalue weighted by atomic mass is 10.0. The van der Waals surface area contributed by atoms with Gasteiger partial charge in [-0.05, 0) is 31.0 Å². The minimum absolute atomic E-state index is 0. The molecule has 128 valence electrons. The van der Waals surface area contributed by atoms with Crippen molar-refractivity contribution in [3.05, 3.63) is 29.8 Å². The third-order valence-corrected chi connectivity index (χ3v) is 3.45. The van der Waals surface area contributed by atoms with Gasteiger partial charge in [0.05, 0.1) is 12.5 Å². The van der Waals surface area contributed by atoms with Crippen molar-refractivity contribution in [2.24, 2.45) is 5.92 Å². The van der Waals surface area contributed by atoms with Crippen LogP contribution in [0.2, 0.25) is 0 Å². The highest BCUT2D eigenvalue weighted by Crippen LogP contribution is 2.12. The molecule has 0 atom stereocenters. The first-order chi connectivity index (χ1) is 10.7. The molecule has 0 unspecified atom stereocenters. The fourth-order valence-corrected chi connectivity index (χ4v) is 2.05. The van der Waals surface area contributed by atoms with Crippen molar-refractivity contribution in [3.8, 4) is 5.75 Å². The average molecular weight is 343 g/mol. The molecule has 6 nitrogen and oxygen atoms in total. The fourth-order valence-electron chi connectivity index (χ4n) is 2.05. The molecular weight excluding hydrogens is 320 g/mol. The highest BCUT2D eigenvalue weighted by Gasteiger charge is 2.23. The molecule has 0 aromatic heterocycles. The van der Waals surface area contributed by atoms with Crippen molar-refractivity contribution in [2.45, 2.75) is 13.3 Å². The molecule has 1 aliphatic rings. The Hall–Kier alpha value is -1.79. The average Bonchev–Trinajstić information content (AvgIpc) is 2.45. The zero-order valence-corrected chi connectivity index (χ0v) is 14.0. The van der Waals surface area contributed by atoms with Crippen molar-refractivity contribution in [1.29, 1.82) is 0 Å². The molecule has 0 bridgehead atoms. The maximum Gasteiger partial charge on any atom is 0.344 e. The molecule has 0 radical (unpaired) electrons. The molecule has 2 rings (SSSR count). The van der Waals surface area contributed by atoms with Crippen LogP contribution >= 0.6 is 12.4 Å². The van der Waals surface area contributed by atoms with Gasteiger partial charge in [-0.2, -0.15) is 0 Å². The summed E-state index contributed by atoms with van der Waals surface area (Å²) >= 11 is 0. The van der Waals surface area contributed by atoms with Gasteiger partial charge < -0.3 is 20.1 Å². The minimum atomic E-state index is -0.375. The van der Waals surface area contributed by atoms with Crippen molar-refractivity contribution >= 4 is 24.3 Å². The lowest BCUT2D eigenvalue weighted by Gasteiger charge is -2.25. The molecule has 1 aliphatic heterocycles. The molecule has 0 spiro atoms. The number of benzene rings is 1. The maximum absolute atomic E-state index is 11.7. The van der Waals surface area contributed by atoms with E-state index in [1.807, 2.05) is 24.3 Å². The number of esters is 1. The van der Waals surface area contributed by atoms with Crippen LogP contribution in [0.4, 0.5) is 0 Å². The second kappa shape index (κ2) is 10.1. The largest absolute Gasteiger partial charge is 0.482 e. The van der Waals surface area contributed by atoms with E-state index in [2.05, 4.69) is 10.6 Å². The van der Waals surface area contributed by atoms with Crippen LogP contribution in [0, 0.1) is 5.92 Å². The summed E-state index contributed by atoms with van der Waals surface area (Å²) in [6.45, 7) is 4.20. The lowest BCUT2D eigenvalue weighted by molar-refractivity contribution is -0.145. The topological polar surface area (TPSA) is 76.7 Å². The Balaban J connectivity index is 0.00000264. The Kier molecular flexibility index (Phi) is 8.43. The van der Waals surface area contributed by atoms with E-state index >= 15 is 0 Å². The smallest absolute Gasteiger partial charge is 0.344 e. The Labute approximate surface area is 142 Å². The number of nitrogens with one attached hydrogen (secondary N) is 2. The summed E-state index contributed by atoms with van der Waals surface area (Å²) in [6, 6.07) is 7.48. The van der Waals surface area contributed by atoms with Crippen LogP contribution in [-0.2, 0) is 20.7 Å². The maximum atomic E-state index is 11.7. The van der Waals surface area contributed by atoms with Crippen molar-refractivity contribution in [3.63, 3.8) is 0 Å². The van der Waals surface area contributed by atoms with Gasteiger partial charge in [0.2, 0.25) is 5.91 Å². The normalized spacial score (nSPS) is 13.4. The van der Waals surface area contributed by atoms with Gasteiger partial charge in [0, 0.05) is 19.6 Å². The minimum Gasteiger partial charge on any atom is -0.482 e. The summed E-state index contributed by atoms with van der Waals surface area (Å²) in [5, 5.41) is 6.01. The van der Waals surface area contributed by atoms with Crippen LogP contribution in [0.25, 0.3) is 0 Å². The lowest BCUT2D eigenvalue weighted by Crippen LogP contribution is -2.51. The van der Waals surface area contributed by atoms with Gasteiger partial charge in [-0.1, -0.05) is 12.1 Å². The van der Waals surface area contributed by atoms with Gasteiger partial charge >= 0.3 is 5.97 Å². The monoisotopic (exact) mass is 342 g/mol. The Morgan fingerprint density at radius 1 is 1.26 bits per heavy atom. The van der Waals surface area contributed by atoms with Gasteiger partial charge in [0.15, 0.2) is 6.61 Å². The van der Waals surface area contributed by atoms with E-state index in [9.17, 15) is 9.59 Å². The molecule has 1 amide bonds. The number of carbonyl (C=O) groups excluding carboxylic acids is 2. The van der Waals surface area contributed by atoms with Gasteiger partial charge in [0.1, 0.15) is 5.75 Å². The van der Waals surface area contributed by atoms with Crippen LogP contribution in [0.15, 0.2) is 24.3 Å². The van der Waals surface area contributed by atoms with Crippen LogP contribution in [0.5, 0.6) is 5.75 Å². The van der Waals surface area contributed by atoms with E-state index in [-0.39, 0.29) is 36.8 Å². The Bertz CT molecular complexity index is 503. The summed E-state index contributed by atoms with van der Waals surface area (Å²) < 4.78 is 10.1. The molecule has 1 heterocycles. The summed E-state index contributed by atoms with van der Waals surface area (Å²) in [4.78, 5) is 22.8. The summed E-state index contributed by atoms with van der Waals surface area (Å²) in [5.74, 6) is 0.493. The van der Waals surface area contributed by atoms with Gasteiger partial charge in [0.25, 0.3) is 0 Å². The zero-order valence-electron chi connectivity index (χ0n) is 13.2. The third-order valence-electron chi connectivity index (χ3n) is 3.45. The molecule has 23 heavy (non-hydrogen) atoms. The summed E-state index contributed by atoms with van der Waals surface area (Å²) in [7, 11) is 0. The molecular formula is C16H23ClN2O4. The van der Waals surface area contributed by atoms with Crippen LogP contribution in [-0.4, -0.2) is 44.7 Å². The van der Waals surface area contributed by atoms with E-state index in [0.29, 0.717) is 18.9 Å². The van der Waals surface area contributed by atoms with Gasteiger partial charge in [-0.3, -0.25) is 4.79 Å². The summed E-state index contributed by atoms with van der Waals surface area (Å²) in [5.41, 5.74) is 1.11. The number of amides is 1. The molecule has 1 saturated heterocycles. The number of rotatable bonds is 8. The number of carbonyl (C=O) groups is 2. The zero-order chi connectivity index (χ0) is 15.8. The standard InChI is InChI=1S/C16H22N2O4.ClH/c1-2-21-15(19)11-22-14-5-3-12(4-6-14)7-8-18-16(20)13-9-17-10-13;/h3-6,13,17H,2,7-11H2,1H3,(H,18,20);1H. The van der Waals surface area contributed by atoms with E-state index < -0.39 is 0 Å². The first-order valence-corrected chi connectivity index (χ1v) is 7.55. The van der Waals surface area contributed by atoms with Gasteiger partial charge in [-0.25, -0.2) is 4.79 Å². The number of hydrogen-bond donors (Lipinski definition) is 2. The Morgan fingerprint density at radius 3 is 2.52 bits per heavy atom. The predicted molar refractivity (Wildman–Crippen MR) is 88.9 cm³/mol. The molecule has 0 aliphatic carbocycles. The third kappa shape index (κ3) is 6.46. The van der Waals surface area contributed by atoms with Crippen molar-refractivity contribution in [2.75, 3.05) is 32.8 Å². The first-order valence-electron chi connectivity index (χ1n) is 7.55. The molecule has 0 saturated carbocycles. The molecule has 1 fully saturated rings. The quantitative estimate of drug-likeness (QED) is 0.687.